The summed E-state index contributed by atoms with van der Waals surface area (Å²) in [6.45, 7) is 9.25. The fraction of sp³-hybridized carbons (Fsp3) is 0.889. The highest BCUT2D eigenvalue weighted by Gasteiger charge is 2.64. The Hall–Kier alpha value is -1.03. The van der Waals surface area contributed by atoms with E-state index in [0.717, 1.165) is 55.5 Å². The lowest BCUT2D eigenvalue weighted by Gasteiger charge is -2.58. The van der Waals surface area contributed by atoms with Gasteiger partial charge in [0.2, 0.25) is 0 Å². The van der Waals surface area contributed by atoms with Crippen LogP contribution < -0.4 is 0 Å². The van der Waals surface area contributed by atoms with E-state index in [2.05, 4.69) is 38.8 Å². The van der Waals surface area contributed by atoms with Crippen molar-refractivity contribution in [1.29, 1.82) is 0 Å². The number of allylic oxidation sites excluding steroid dienone is 1. The number of likely N-dealkylation sites (tertiary alicyclic amines) is 1. The van der Waals surface area contributed by atoms with E-state index < -0.39 is 0 Å². The first-order valence-corrected chi connectivity index (χ1v) is 13.1. The third-order valence-electron chi connectivity index (χ3n) is 10.8. The smallest absolute Gasteiger partial charge is 0.409 e. The minimum Gasteiger partial charge on any atom is -0.446 e. The topological polar surface area (TPSA) is 32.8 Å². The minimum absolute atomic E-state index is 0.0674. The van der Waals surface area contributed by atoms with Crippen molar-refractivity contribution in [1.82, 2.24) is 9.80 Å². The van der Waals surface area contributed by atoms with E-state index in [1.165, 1.54) is 45.1 Å². The molecule has 3 saturated carbocycles. The molecular weight excluding hydrogens is 384 g/mol. The molecule has 0 aromatic rings. The predicted octanol–water partition coefficient (Wildman–Crippen LogP) is 5.73. The largest absolute Gasteiger partial charge is 0.446 e. The van der Waals surface area contributed by atoms with E-state index in [-0.39, 0.29) is 12.2 Å². The van der Waals surface area contributed by atoms with E-state index in [1.54, 1.807) is 10.5 Å². The van der Waals surface area contributed by atoms with Gasteiger partial charge in [-0.2, -0.15) is 0 Å². The maximum absolute atomic E-state index is 12.4. The fourth-order valence-corrected chi connectivity index (χ4v) is 9.19. The molecule has 174 valence electrons. The van der Waals surface area contributed by atoms with E-state index in [9.17, 15) is 4.79 Å². The molecule has 0 bridgehead atoms. The van der Waals surface area contributed by atoms with Crippen LogP contribution in [0.4, 0.5) is 4.79 Å². The van der Waals surface area contributed by atoms with E-state index in [1.807, 2.05) is 7.05 Å². The Bertz CT molecular complexity index is 750. The molecule has 4 fully saturated rings. The summed E-state index contributed by atoms with van der Waals surface area (Å²) in [4.78, 5) is 16.8. The van der Waals surface area contributed by atoms with Crippen LogP contribution in [0.1, 0.15) is 78.6 Å². The van der Waals surface area contributed by atoms with Crippen LogP contribution in [0.15, 0.2) is 11.6 Å². The van der Waals surface area contributed by atoms with Crippen molar-refractivity contribution < 1.29 is 9.53 Å². The van der Waals surface area contributed by atoms with E-state index in [4.69, 9.17) is 4.74 Å². The van der Waals surface area contributed by atoms with Gasteiger partial charge in [-0.3, -0.25) is 0 Å². The van der Waals surface area contributed by atoms with Gasteiger partial charge in [-0.25, -0.2) is 4.79 Å². The molecule has 1 amide bonds. The number of amides is 1. The molecular formula is C27H44N2O2. The number of ether oxygens (including phenoxy) is 1. The van der Waals surface area contributed by atoms with Crippen LogP contribution in [0.3, 0.4) is 0 Å². The first-order chi connectivity index (χ1) is 14.8. The number of nitrogens with zero attached hydrogens (tertiary/aromatic N) is 2. The third-order valence-corrected chi connectivity index (χ3v) is 10.8. The summed E-state index contributed by atoms with van der Waals surface area (Å²) in [5.74, 6) is 3.57. The average Bonchev–Trinajstić information content (AvgIpc) is 3.22. The number of hydrogen-bond donors (Lipinski definition) is 0. The monoisotopic (exact) mass is 428 g/mol. The molecule has 0 aromatic carbocycles. The van der Waals surface area contributed by atoms with Crippen molar-refractivity contribution in [3.05, 3.63) is 11.6 Å². The zero-order valence-corrected chi connectivity index (χ0v) is 20.5. The Morgan fingerprint density at radius 2 is 1.97 bits per heavy atom. The first-order valence-electron chi connectivity index (χ1n) is 13.1. The summed E-state index contributed by atoms with van der Waals surface area (Å²) in [7, 11) is 4.22. The maximum atomic E-state index is 12.4. The highest BCUT2D eigenvalue weighted by Crippen LogP contribution is 2.68. The van der Waals surface area contributed by atoms with Crippen LogP contribution in [0.25, 0.3) is 0 Å². The lowest BCUT2D eigenvalue weighted by Crippen LogP contribution is -2.52. The summed E-state index contributed by atoms with van der Waals surface area (Å²) < 4.78 is 5.93. The van der Waals surface area contributed by atoms with Crippen LogP contribution in [0.2, 0.25) is 0 Å². The second kappa shape index (κ2) is 7.78. The average molecular weight is 429 g/mol. The molecule has 4 heteroatoms. The first kappa shape index (κ1) is 21.8. The molecule has 8 atom stereocenters. The molecule has 0 aromatic heterocycles. The Morgan fingerprint density at radius 1 is 1.19 bits per heavy atom. The van der Waals surface area contributed by atoms with Gasteiger partial charge in [0, 0.05) is 32.6 Å². The zero-order valence-electron chi connectivity index (χ0n) is 20.5. The standard InChI is InChI=1S/C27H44N2O2/c1-6-15-28(4)25(30)31-20-11-13-26(3)19(16-20)7-8-21-23(26)12-14-27-17-29(5)18(2)22(27)9-10-24(21)27/h7,18,20-24H,6,8-17H2,1-5H3/t18-,20-,21+,22+,23-,24-,26-,27-/m0/s1. The molecule has 5 rings (SSSR count). The Balaban J connectivity index is 1.32. The van der Waals surface area contributed by atoms with Gasteiger partial charge in [0.1, 0.15) is 6.10 Å². The van der Waals surface area contributed by atoms with Crippen molar-refractivity contribution in [3.63, 3.8) is 0 Å². The molecule has 1 spiro atoms. The highest BCUT2D eigenvalue weighted by molar-refractivity contribution is 5.67. The van der Waals surface area contributed by atoms with Crippen LogP contribution in [-0.4, -0.2) is 55.2 Å². The summed E-state index contributed by atoms with van der Waals surface area (Å²) >= 11 is 0. The van der Waals surface area contributed by atoms with Gasteiger partial charge in [0.25, 0.3) is 0 Å². The molecule has 1 aliphatic heterocycles. The van der Waals surface area contributed by atoms with E-state index in [0.29, 0.717) is 10.8 Å². The van der Waals surface area contributed by atoms with Crippen molar-refractivity contribution in [3.8, 4) is 0 Å². The lowest BCUT2D eigenvalue weighted by atomic mass is 9.47. The molecule has 0 radical (unpaired) electrons. The van der Waals surface area contributed by atoms with Gasteiger partial charge in [-0.05, 0) is 99.8 Å². The third kappa shape index (κ3) is 3.21. The SMILES string of the molecule is CCCN(C)C(=O)O[C@H]1CC[C@@]2(C)C(=CC[C@H]3[C@@H]4CC[C@@H]5[C@H](C)N(C)C[C@@]54CC[C@@H]32)C1. The Morgan fingerprint density at radius 3 is 2.74 bits per heavy atom. The summed E-state index contributed by atoms with van der Waals surface area (Å²) in [5, 5.41) is 0. The minimum atomic E-state index is -0.138. The summed E-state index contributed by atoms with van der Waals surface area (Å²) in [5.41, 5.74) is 2.54. The van der Waals surface area contributed by atoms with Crippen molar-refractivity contribution in [2.24, 2.45) is 34.5 Å². The van der Waals surface area contributed by atoms with Gasteiger partial charge in [0.15, 0.2) is 0 Å². The lowest BCUT2D eigenvalue weighted by molar-refractivity contribution is -0.0502. The molecule has 0 unspecified atom stereocenters. The van der Waals surface area contributed by atoms with Crippen molar-refractivity contribution in [2.45, 2.75) is 90.7 Å². The predicted molar refractivity (Wildman–Crippen MR) is 125 cm³/mol. The summed E-state index contributed by atoms with van der Waals surface area (Å²) in [6.07, 6.45) is 13.7. The molecule has 4 nitrogen and oxygen atoms in total. The van der Waals surface area contributed by atoms with Crippen LogP contribution in [0.5, 0.6) is 0 Å². The molecule has 5 aliphatic rings. The fourth-order valence-electron chi connectivity index (χ4n) is 9.19. The maximum Gasteiger partial charge on any atom is 0.409 e. The quantitative estimate of drug-likeness (QED) is 0.539. The van der Waals surface area contributed by atoms with Gasteiger partial charge in [-0.15, -0.1) is 0 Å². The summed E-state index contributed by atoms with van der Waals surface area (Å²) in [6, 6.07) is 0.766. The molecule has 4 aliphatic carbocycles. The number of carbonyl (C=O) groups is 1. The van der Waals surface area contributed by atoms with Gasteiger partial charge in [0.05, 0.1) is 0 Å². The molecule has 1 heterocycles. The Kier molecular flexibility index (Phi) is 5.47. The van der Waals surface area contributed by atoms with Crippen LogP contribution >= 0.6 is 0 Å². The van der Waals surface area contributed by atoms with Crippen molar-refractivity contribution >= 4 is 6.09 Å². The van der Waals surface area contributed by atoms with Gasteiger partial charge < -0.3 is 14.5 Å². The van der Waals surface area contributed by atoms with Crippen LogP contribution in [-0.2, 0) is 4.74 Å². The number of rotatable bonds is 3. The molecule has 1 saturated heterocycles. The number of fused-ring (bicyclic) bond motifs is 4. The van der Waals surface area contributed by atoms with Crippen LogP contribution in [0, 0.1) is 34.5 Å². The van der Waals surface area contributed by atoms with Gasteiger partial charge in [-0.1, -0.05) is 25.5 Å². The molecule has 0 N–H and O–H groups in total. The number of hydrogen-bond acceptors (Lipinski definition) is 3. The molecule has 31 heavy (non-hydrogen) atoms. The second-order valence-corrected chi connectivity index (χ2v) is 12.0. The normalized spacial score (nSPS) is 46.4. The zero-order chi connectivity index (χ0) is 22.0. The second-order valence-electron chi connectivity index (χ2n) is 12.0. The van der Waals surface area contributed by atoms with Crippen molar-refractivity contribution in [2.75, 3.05) is 27.2 Å². The number of carbonyl (C=O) groups excluding carboxylic acids is 1. The Labute approximate surface area is 189 Å². The highest BCUT2D eigenvalue weighted by atomic mass is 16.6. The van der Waals surface area contributed by atoms with E-state index >= 15 is 0 Å². The van der Waals surface area contributed by atoms with Gasteiger partial charge >= 0.3 is 6.09 Å².